The molecule has 0 aromatic heterocycles. The Morgan fingerprint density at radius 2 is 1.75 bits per heavy atom. The molecule has 1 atom stereocenters. The van der Waals surface area contributed by atoms with Crippen molar-refractivity contribution in [3.63, 3.8) is 0 Å². The zero-order valence-corrected chi connectivity index (χ0v) is 21.3. The molecule has 2 aromatic rings. The number of ether oxygens (including phenoxy) is 1. The molecule has 0 aliphatic carbocycles. The van der Waals surface area contributed by atoms with Crippen molar-refractivity contribution in [3.8, 4) is 5.75 Å². The number of allylic oxidation sites excluding steroid dienone is 1. The molecule has 3 heterocycles. The monoisotopic (exact) mass is 488 g/mol. The molecule has 0 saturated carbocycles. The second kappa shape index (κ2) is 10.4. The van der Waals surface area contributed by atoms with Crippen LogP contribution in [-0.2, 0) is 24.5 Å². The van der Waals surface area contributed by atoms with Crippen molar-refractivity contribution in [2.45, 2.75) is 57.5 Å². The lowest BCUT2D eigenvalue weighted by Crippen LogP contribution is -2.49. The largest absolute Gasteiger partial charge is 0.489 e. The lowest BCUT2D eigenvalue weighted by Gasteiger charge is -2.35. The van der Waals surface area contributed by atoms with Gasteiger partial charge in [-0.15, -0.1) is 0 Å². The summed E-state index contributed by atoms with van der Waals surface area (Å²) in [6.45, 7) is 7.91. The number of piperidine rings is 2. The van der Waals surface area contributed by atoms with Crippen molar-refractivity contribution >= 4 is 11.8 Å². The highest BCUT2D eigenvalue weighted by Gasteiger charge is 2.39. The van der Waals surface area contributed by atoms with Crippen molar-refractivity contribution in [1.29, 1.82) is 0 Å². The number of hydrogen-bond acceptors (Lipinski definition) is 5. The summed E-state index contributed by atoms with van der Waals surface area (Å²) < 4.78 is 6.18. The van der Waals surface area contributed by atoms with Crippen LogP contribution in [0.25, 0.3) is 0 Å². The number of nitrogens with zero attached hydrogens (tertiary/aromatic N) is 3. The third-order valence-corrected chi connectivity index (χ3v) is 7.76. The minimum atomic E-state index is -0.468. The van der Waals surface area contributed by atoms with E-state index in [4.69, 9.17) is 4.74 Å². The molecule has 2 amide bonds. The van der Waals surface area contributed by atoms with Gasteiger partial charge in [0.15, 0.2) is 0 Å². The normalized spacial score (nSPS) is 21.1. The van der Waals surface area contributed by atoms with E-state index >= 15 is 0 Å². The molecule has 1 N–H and O–H groups in total. The van der Waals surface area contributed by atoms with E-state index in [0.29, 0.717) is 49.0 Å². The number of fused-ring (bicyclic) bond motifs is 1. The Morgan fingerprint density at radius 3 is 2.44 bits per heavy atom. The summed E-state index contributed by atoms with van der Waals surface area (Å²) in [7, 11) is 4.34. The summed E-state index contributed by atoms with van der Waals surface area (Å²) in [6.07, 6.45) is 3.73. The minimum Gasteiger partial charge on any atom is -0.489 e. The van der Waals surface area contributed by atoms with Crippen molar-refractivity contribution < 1.29 is 14.3 Å². The van der Waals surface area contributed by atoms with Gasteiger partial charge in [0.2, 0.25) is 5.91 Å². The quantitative estimate of drug-likeness (QED) is 0.646. The average molecular weight is 489 g/mol. The van der Waals surface area contributed by atoms with E-state index in [1.54, 1.807) is 4.90 Å². The lowest BCUT2D eigenvalue weighted by molar-refractivity contribution is -0.126. The predicted molar refractivity (Wildman–Crippen MR) is 139 cm³/mol. The van der Waals surface area contributed by atoms with E-state index in [2.05, 4.69) is 60.1 Å². The molecular formula is C29H36N4O3. The van der Waals surface area contributed by atoms with E-state index in [9.17, 15) is 9.59 Å². The minimum absolute atomic E-state index is 0.109. The number of likely N-dealkylation sites (tertiary alicyclic amines) is 1. The zero-order chi connectivity index (χ0) is 25.2. The first kappa shape index (κ1) is 24.5. The number of carbonyl (C=O) groups excluding carboxylic acids is 2. The number of amides is 2. The van der Waals surface area contributed by atoms with Crippen LogP contribution in [0.15, 0.2) is 54.7 Å². The van der Waals surface area contributed by atoms with Crippen LogP contribution in [0, 0.1) is 0 Å². The number of nitrogens with one attached hydrogen (secondary N) is 1. The topological polar surface area (TPSA) is 65.1 Å². The first-order valence-electron chi connectivity index (χ1n) is 12.9. The molecule has 1 unspecified atom stereocenters. The maximum absolute atomic E-state index is 13.1. The highest BCUT2D eigenvalue weighted by atomic mass is 16.5. The Morgan fingerprint density at radius 1 is 1.03 bits per heavy atom. The SMILES string of the molecule is C=C1CCC(N2Cc3c(OCc4ccc(CN5CCC(N(C)C)CC5)cc4)cccc3C2=O)C(=O)N1. The van der Waals surface area contributed by atoms with Crippen molar-refractivity contribution in [2.75, 3.05) is 27.2 Å². The highest BCUT2D eigenvalue weighted by molar-refractivity contribution is 6.02. The molecular weight excluding hydrogens is 452 g/mol. The third-order valence-electron chi connectivity index (χ3n) is 7.76. The Bertz CT molecular complexity index is 1140. The van der Waals surface area contributed by atoms with Crippen molar-refractivity contribution in [3.05, 3.63) is 77.0 Å². The van der Waals surface area contributed by atoms with Gasteiger partial charge in [0.05, 0.1) is 6.54 Å². The fourth-order valence-corrected chi connectivity index (χ4v) is 5.53. The van der Waals surface area contributed by atoms with E-state index in [-0.39, 0.29) is 11.8 Å². The molecule has 2 saturated heterocycles. The Balaban J connectivity index is 1.18. The zero-order valence-electron chi connectivity index (χ0n) is 21.3. The van der Waals surface area contributed by atoms with Gasteiger partial charge in [-0.25, -0.2) is 0 Å². The van der Waals surface area contributed by atoms with Crippen LogP contribution in [0.4, 0.5) is 0 Å². The standard InChI is InChI=1S/C29H36N4O3/c1-20-7-12-26(28(34)30-20)33-18-25-24(29(33)35)5-4-6-27(25)36-19-22-10-8-21(9-11-22)17-32-15-13-23(14-16-32)31(2)3/h4-6,8-11,23,26H,1,7,12-19H2,2-3H3,(H,30,34). The van der Waals surface area contributed by atoms with Crippen LogP contribution in [0.3, 0.4) is 0 Å². The van der Waals surface area contributed by atoms with Gasteiger partial charge in [0.25, 0.3) is 5.91 Å². The van der Waals surface area contributed by atoms with Gasteiger partial charge in [-0.05, 0) is 76.1 Å². The van der Waals surface area contributed by atoms with Crippen LogP contribution in [-0.4, -0.2) is 65.8 Å². The van der Waals surface area contributed by atoms with Crippen molar-refractivity contribution in [2.24, 2.45) is 0 Å². The number of benzene rings is 2. The van der Waals surface area contributed by atoms with E-state index in [0.717, 1.165) is 30.8 Å². The van der Waals surface area contributed by atoms with Gasteiger partial charge in [-0.1, -0.05) is 36.9 Å². The Hall–Kier alpha value is -3.16. The smallest absolute Gasteiger partial charge is 0.255 e. The maximum Gasteiger partial charge on any atom is 0.255 e. The number of rotatable bonds is 7. The number of hydrogen-bond donors (Lipinski definition) is 1. The molecule has 2 fully saturated rings. The van der Waals surface area contributed by atoms with Gasteiger partial charge in [0.1, 0.15) is 18.4 Å². The summed E-state index contributed by atoms with van der Waals surface area (Å²) in [5.74, 6) is 0.441. The molecule has 7 nitrogen and oxygen atoms in total. The summed E-state index contributed by atoms with van der Waals surface area (Å²) in [4.78, 5) is 32.1. The molecule has 5 rings (SSSR count). The fourth-order valence-electron chi connectivity index (χ4n) is 5.53. The third kappa shape index (κ3) is 5.18. The van der Waals surface area contributed by atoms with Crippen LogP contribution >= 0.6 is 0 Å². The first-order valence-corrected chi connectivity index (χ1v) is 12.9. The first-order chi connectivity index (χ1) is 17.4. The molecule has 3 aliphatic heterocycles. The van der Waals surface area contributed by atoms with Gasteiger partial charge in [-0.2, -0.15) is 0 Å². The van der Waals surface area contributed by atoms with Gasteiger partial charge in [0, 0.05) is 29.4 Å². The molecule has 36 heavy (non-hydrogen) atoms. The van der Waals surface area contributed by atoms with E-state index < -0.39 is 6.04 Å². The molecule has 0 bridgehead atoms. The summed E-state index contributed by atoms with van der Waals surface area (Å²) in [6, 6.07) is 14.4. The molecule has 0 radical (unpaired) electrons. The highest BCUT2D eigenvalue weighted by Crippen LogP contribution is 2.34. The average Bonchev–Trinajstić information content (AvgIpc) is 3.21. The second-order valence-corrected chi connectivity index (χ2v) is 10.4. The molecule has 0 spiro atoms. The van der Waals surface area contributed by atoms with Crippen LogP contribution in [0.1, 0.15) is 52.7 Å². The molecule has 190 valence electrons. The predicted octanol–water partition coefficient (Wildman–Crippen LogP) is 3.54. The fraction of sp³-hybridized carbons (Fsp3) is 0.448. The number of carbonyl (C=O) groups is 2. The Labute approximate surface area is 213 Å². The summed E-state index contributed by atoms with van der Waals surface area (Å²) in [5, 5.41) is 2.79. The van der Waals surface area contributed by atoms with Gasteiger partial charge < -0.3 is 19.9 Å². The Kier molecular flexibility index (Phi) is 7.12. The molecule has 3 aliphatic rings. The summed E-state index contributed by atoms with van der Waals surface area (Å²) >= 11 is 0. The van der Waals surface area contributed by atoms with Crippen LogP contribution in [0.2, 0.25) is 0 Å². The van der Waals surface area contributed by atoms with Gasteiger partial charge in [-0.3, -0.25) is 14.5 Å². The second-order valence-electron chi connectivity index (χ2n) is 10.4. The van der Waals surface area contributed by atoms with E-state index in [1.165, 1.54) is 18.4 Å². The summed E-state index contributed by atoms with van der Waals surface area (Å²) in [5.41, 5.74) is 4.60. The maximum atomic E-state index is 13.1. The van der Waals surface area contributed by atoms with Crippen molar-refractivity contribution in [1.82, 2.24) is 20.0 Å². The van der Waals surface area contributed by atoms with Crippen LogP contribution < -0.4 is 10.1 Å². The van der Waals surface area contributed by atoms with E-state index in [1.807, 2.05) is 18.2 Å². The molecule has 7 heteroatoms. The van der Waals surface area contributed by atoms with Gasteiger partial charge >= 0.3 is 0 Å². The lowest BCUT2D eigenvalue weighted by atomic mass is 10.0. The van der Waals surface area contributed by atoms with Crippen LogP contribution in [0.5, 0.6) is 5.75 Å². The molecule has 2 aromatic carbocycles.